The second-order valence-corrected chi connectivity index (χ2v) is 5.21. The van der Waals surface area contributed by atoms with Crippen LogP contribution in [0.2, 0.25) is 0 Å². The standard InChI is InChI=1S/C8H9N7O2S2/c1-2-5-11-8(19-14-5)18-6-4(15(16)17)3-10-7(12-6)13-9/h3H,2,9H2,1H3,(H,10,12,13). The van der Waals surface area contributed by atoms with Gasteiger partial charge in [0, 0.05) is 6.42 Å². The van der Waals surface area contributed by atoms with Crippen LogP contribution in [0, 0.1) is 10.1 Å². The van der Waals surface area contributed by atoms with Gasteiger partial charge in [-0.15, -0.1) is 0 Å². The zero-order valence-corrected chi connectivity index (χ0v) is 11.4. The Balaban J connectivity index is 2.33. The Bertz CT molecular complexity index is 603. The number of rotatable bonds is 5. The zero-order valence-electron chi connectivity index (χ0n) is 9.73. The van der Waals surface area contributed by atoms with Crippen LogP contribution in [0.5, 0.6) is 0 Å². The first-order valence-corrected chi connectivity index (χ1v) is 6.71. The Labute approximate surface area is 116 Å². The highest BCUT2D eigenvalue weighted by Crippen LogP contribution is 2.34. The molecule has 2 aromatic heterocycles. The second kappa shape index (κ2) is 5.86. The minimum Gasteiger partial charge on any atom is -0.292 e. The Morgan fingerprint density at radius 3 is 2.95 bits per heavy atom. The second-order valence-electron chi connectivity index (χ2n) is 3.22. The molecule has 0 saturated heterocycles. The number of hydrazine groups is 1. The summed E-state index contributed by atoms with van der Waals surface area (Å²) in [6.45, 7) is 1.93. The number of nitro groups is 1. The van der Waals surface area contributed by atoms with E-state index in [1.54, 1.807) is 0 Å². The zero-order chi connectivity index (χ0) is 13.8. The molecule has 0 saturated carbocycles. The summed E-state index contributed by atoms with van der Waals surface area (Å²) in [5.41, 5.74) is 2.05. The summed E-state index contributed by atoms with van der Waals surface area (Å²) in [6, 6.07) is 0. The predicted octanol–water partition coefficient (Wildman–Crippen LogP) is 1.24. The van der Waals surface area contributed by atoms with Crippen molar-refractivity contribution in [1.82, 2.24) is 19.3 Å². The first-order chi connectivity index (χ1) is 9.13. The van der Waals surface area contributed by atoms with Gasteiger partial charge in [-0.2, -0.15) is 9.36 Å². The van der Waals surface area contributed by atoms with Gasteiger partial charge in [0.1, 0.15) is 12.0 Å². The average Bonchev–Trinajstić information content (AvgIpc) is 2.86. The van der Waals surface area contributed by atoms with Crippen LogP contribution in [0.25, 0.3) is 0 Å². The summed E-state index contributed by atoms with van der Waals surface area (Å²) in [7, 11) is 0. The van der Waals surface area contributed by atoms with E-state index in [2.05, 4.69) is 24.8 Å². The van der Waals surface area contributed by atoms with Crippen LogP contribution in [-0.2, 0) is 6.42 Å². The summed E-state index contributed by atoms with van der Waals surface area (Å²) in [5, 5.41) is 11.1. The molecule has 0 aliphatic carbocycles. The van der Waals surface area contributed by atoms with Gasteiger partial charge >= 0.3 is 5.69 Å². The molecular formula is C8H9N7O2S2. The first kappa shape index (κ1) is 13.6. The monoisotopic (exact) mass is 299 g/mol. The van der Waals surface area contributed by atoms with E-state index in [1.165, 1.54) is 11.5 Å². The molecule has 2 rings (SSSR count). The number of hydrogen-bond acceptors (Lipinski definition) is 10. The van der Waals surface area contributed by atoms with Crippen LogP contribution in [0.1, 0.15) is 12.7 Å². The minimum atomic E-state index is -0.551. The Morgan fingerprint density at radius 2 is 2.37 bits per heavy atom. The summed E-state index contributed by atoms with van der Waals surface area (Å²) in [5.74, 6) is 5.99. The quantitative estimate of drug-likeness (QED) is 0.362. The molecule has 2 heterocycles. The topological polar surface area (TPSA) is 133 Å². The fourth-order valence-electron chi connectivity index (χ4n) is 1.14. The third-order valence-corrected chi connectivity index (χ3v) is 3.79. The molecule has 0 aliphatic rings. The van der Waals surface area contributed by atoms with Crippen LogP contribution in [-0.4, -0.2) is 24.2 Å². The van der Waals surface area contributed by atoms with Gasteiger partial charge in [-0.05, 0) is 23.3 Å². The smallest absolute Gasteiger partial charge is 0.292 e. The number of aryl methyl sites for hydroxylation is 1. The van der Waals surface area contributed by atoms with Crippen molar-refractivity contribution in [3.63, 3.8) is 0 Å². The largest absolute Gasteiger partial charge is 0.320 e. The van der Waals surface area contributed by atoms with E-state index >= 15 is 0 Å². The van der Waals surface area contributed by atoms with Crippen molar-refractivity contribution >= 4 is 34.9 Å². The molecule has 0 atom stereocenters. The first-order valence-electron chi connectivity index (χ1n) is 5.12. The summed E-state index contributed by atoms with van der Waals surface area (Å²) >= 11 is 2.23. The van der Waals surface area contributed by atoms with Gasteiger partial charge in [0.05, 0.1) is 4.92 Å². The molecule has 0 unspecified atom stereocenters. The van der Waals surface area contributed by atoms with Gasteiger partial charge < -0.3 is 0 Å². The predicted molar refractivity (Wildman–Crippen MR) is 69.9 cm³/mol. The number of nitrogens with zero attached hydrogens (tertiary/aromatic N) is 5. The summed E-state index contributed by atoms with van der Waals surface area (Å²) in [4.78, 5) is 22.2. The Morgan fingerprint density at radius 1 is 1.58 bits per heavy atom. The van der Waals surface area contributed by atoms with Crippen LogP contribution in [0.15, 0.2) is 15.6 Å². The van der Waals surface area contributed by atoms with E-state index < -0.39 is 4.92 Å². The number of anilines is 1. The van der Waals surface area contributed by atoms with E-state index in [4.69, 9.17) is 5.84 Å². The molecule has 0 aliphatic heterocycles. The van der Waals surface area contributed by atoms with E-state index in [-0.39, 0.29) is 16.7 Å². The van der Waals surface area contributed by atoms with E-state index in [0.29, 0.717) is 16.6 Å². The van der Waals surface area contributed by atoms with E-state index in [1.807, 2.05) is 6.92 Å². The van der Waals surface area contributed by atoms with Gasteiger partial charge in [-0.3, -0.25) is 15.5 Å². The normalized spacial score (nSPS) is 10.4. The summed E-state index contributed by atoms with van der Waals surface area (Å²) in [6.07, 6.45) is 1.81. The number of nitrogens with two attached hydrogens (primary N) is 1. The third kappa shape index (κ3) is 3.13. The number of nitrogens with one attached hydrogen (secondary N) is 1. The molecule has 2 aromatic rings. The van der Waals surface area contributed by atoms with Crippen molar-refractivity contribution in [3.8, 4) is 0 Å². The van der Waals surface area contributed by atoms with Crippen LogP contribution < -0.4 is 11.3 Å². The average molecular weight is 299 g/mol. The van der Waals surface area contributed by atoms with Crippen molar-refractivity contribution in [2.24, 2.45) is 5.84 Å². The molecule has 3 N–H and O–H groups in total. The van der Waals surface area contributed by atoms with Crippen LogP contribution in [0.4, 0.5) is 11.6 Å². The lowest BCUT2D eigenvalue weighted by Crippen LogP contribution is -2.11. The molecule has 9 nitrogen and oxygen atoms in total. The maximum atomic E-state index is 10.9. The molecule has 19 heavy (non-hydrogen) atoms. The van der Waals surface area contributed by atoms with Crippen molar-refractivity contribution in [1.29, 1.82) is 0 Å². The SMILES string of the molecule is CCc1nsc(Sc2nc(NN)ncc2[N+](=O)[O-])n1. The number of nitrogen functional groups attached to an aromatic ring is 1. The van der Waals surface area contributed by atoms with Gasteiger partial charge in [-0.25, -0.2) is 15.8 Å². The fourth-order valence-corrected chi connectivity index (χ4v) is 2.81. The molecular weight excluding hydrogens is 290 g/mol. The Kier molecular flexibility index (Phi) is 4.19. The highest BCUT2D eigenvalue weighted by molar-refractivity contribution is 8.01. The molecule has 0 fully saturated rings. The van der Waals surface area contributed by atoms with Crippen molar-refractivity contribution < 1.29 is 4.92 Å². The Hall–Kier alpha value is -1.85. The van der Waals surface area contributed by atoms with Gasteiger partial charge in [0.25, 0.3) is 0 Å². The molecule has 0 bridgehead atoms. The highest BCUT2D eigenvalue weighted by Gasteiger charge is 2.20. The maximum absolute atomic E-state index is 10.9. The van der Waals surface area contributed by atoms with Crippen molar-refractivity contribution in [3.05, 3.63) is 22.1 Å². The molecule has 100 valence electrons. The summed E-state index contributed by atoms with van der Waals surface area (Å²) < 4.78 is 4.69. The lowest BCUT2D eigenvalue weighted by atomic mass is 10.5. The van der Waals surface area contributed by atoms with E-state index in [0.717, 1.165) is 18.0 Å². The fraction of sp³-hybridized carbons (Fsp3) is 0.250. The van der Waals surface area contributed by atoms with Crippen molar-refractivity contribution in [2.75, 3.05) is 5.43 Å². The molecule has 0 radical (unpaired) electrons. The van der Waals surface area contributed by atoms with E-state index in [9.17, 15) is 10.1 Å². The van der Waals surface area contributed by atoms with Crippen LogP contribution in [0.3, 0.4) is 0 Å². The lowest BCUT2D eigenvalue weighted by Gasteiger charge is -2.01. The molecule has 0 spiro atoms. The number of hydrogen-bond donors (Lipinski definition) is 2. The van der Waals surface area contributed by atoms with Crippen LogP contribution >= 0.6 is 23.3 Å². The number of aromatic nitrogens is 4. The highest BCUT2D eigenvalue weighted by atomic mass is 32.2. The third-order valence-electron chi connectivity index (χ3n) is 2.01. The van der Waals surface area contributed by atoms with Gasteiger partial charge in [0.2, 0.25) is 5.95 Å². The molecule has 11 heteroatoms. The molecule has 0 aromatic carbocycles. The van der Waals surface area contributed by atoms with Gasteiger partial charge in [-0.1, -0.05) is 6.92 Å². The minimum absolute atomic E-state index is 0.105. The maximum Gasteiger partial charge on any atom is 0.320 e. The lowest BCUT2D eigenvalue weighted by molar-refractivity contribution is -0.388. The molecule has 0 amide bonds. The van der Waals surface area contributed by atoms with Crippen molar-refractivity contribution in [2.45, 2.75) is 22.7 Å². The van der Waals surface area contributed by atoms with Gasteiger partial charge in [0.15, 0.2) is 9.37 Å².